The van der Waals surface area contributed by atoms with Crippen molar-refractivity contribution in [3.63, 3.8) is 0 Å². The van der Waals surface area contributed by atoms with Gasteiger partial charge in [-0.1, -0.05) is 20.8 Å². The molecular weight excluding hydrogens is 162 g/mol. The molecular formula is C10H21N3. The first-order chi connectivity index (χ1) is 6.29. The van der Waals surface area contributed by atoms with Crippen molar-refractivity contribution in [2.45, 2.75) is 40.3 Å². The SMILES string of the molecule is CCN=C=NC(CC)N(CC)CC. The van der Waals surface area contributed by atoms with Gasteiger partial charge in [-0.25, -0.2) is 9.98 Å². The summed E-state index contributed by atoms with van der Waals surface area (Å²) in [7, 11) is 0. The van der Waals surface area contributed by atoms with Crippen molar-refractivity contribution in [1.29, 1.82) is 0 Å². The van der Waals surface area contributed by atoms with Gasteiger partial charge in [0.25, 0.3) is 0 Å². The lowest BCUT2D eigenvalue weighted by Gasteiger charge is -2.23. The predicted octanol–water partition coefficient (Wildman–Crippen LogP) is 2.26. The molecule has 0 amide bonds. The van der Waals surface area contributed by atoms with Crippen LogP contribution in [0.3, 0.4) is 0 Å². The van der Waals surface area contributed by atoms with E-state index in [0.717, 1.165) is 26.1 Å². The maximum atomic E-state index is 4.28. The van der Waals surface area contributed by atoms with Crippen LogP contribution >= 0.6 is 0 Å². The van der Waals surface area contributed by atoms with Crippen LogP contribution in [-0.2, 0) is 0 Å². The summed E-state index contributed by atoms with van der Waals surface area (Å²) in [5.41, 5.74) is 0. The van der Waals surface area contributed by atoms with Gasteiger partial charge in [0.2, 0.25) is 0 Å². The van der Waals surface area contributed by atoms with Crippen LogP contribution in [0.2, 0.25) is 0 Å². The maximum absolute atomic E-state index is 4.28. The molecule has 76 valence electrons. The molecule has 0 heterocycles. The van der Waals surface area contributed by atoms with E-state index in [1.165, 1.54) is 0 Å². The van der Waals surface area contributed by atoms with Crippen molar-refractivity contribution in [3.05, 3.63) is 0 Å². The molecule has 3 heteroatoms. The zero-order valence-electron chi connectivity index (χ0n) is 9.25. The van der Waals surface area contributed by atoms with E-state index >= 15 is 0 Å². The van der Waals surface area contributed by atoms with Gasteiger partial charge in [0.1, 0.15) is 6.17 Å². The highest BCUT2D eigenvalue weighted by Gasteiger charge is 2.10. The summed E-state index contributed by atoms with van der Waals surface area (Å²) < 4.78 is 0. The number of aliphatic imine (C=N–C) groups is 2. The molecule has 0 aromatic rings. The molecule has 1 unspecified atom stereocenters. The van der Waals surface area contributed by atoms with Crippen molar-refractivity contribution in [3.8, 4) is 0 Å². The lowest BCUT2D eigenvalue weighted by atomic mass is 10.3. The van der Waals surface area contributed by atoms with Crippen LogP contribution < -0.4 is 0 Å². The molecule has 0 saturated carbocycles. The Morgan fingerprint density at radius 3 is 2.15 bits per heavy atom. The smallest absolute Gasteiger partial charge is 0.113 e. The van der Waals surface area contributed by atoms with Gasteiger partial charge in [-0.3, -0.25) is 4.90 Å². The topological polar surface area (TPSA) is 28.0 Å². The summed E-state index contributed by atoms with van der Waals surface area (Å²) in [6.45, 7) is 11.3. The summed E-state index contributed by atoms with van der Waals surface area (Å²) in [4.78, 5) is 10.6. The minimum absolute atomic E-state index is 0.255. The lowest BCUT2D eigenvalue weighted by molar-refractivity contribution is 0.219. The lowest BCUT2D eigenvalue weighted by Crippen LogP contribution is -2.32. The van der Waals surface area contributed by atoms with Crippen LogP contribution in [0.15, 0.2) is 9.98 Å². The fourth-order valence-corrected chi connectivity index (χ4v) is 1.25. The quantitative estimate of drug-likeness (QED) is 0.580. The molecule has 0 aliphatic rings. The molecule has 0 N–H and O–H groups in total. The van der Waals surface area contributed by atoms with Gasteiger partial charge in [0, 0.05) is 6.54 Å². The molecule has 0 aliphatic carbocycles. The Morgan fingerprint density at radius 1 is 1.15 bits per heavy atom. The van der Waals surface area contributed by atoms with Gasteiger partial charge < -0.3 is 0 Å². The van der Waals surface area contributed by atoms with Crippen LogP contribution in [0, 0.1) is 0 Å². The Labute approximate surface area is 81.6 Å². The fraction of sp³-hybridized carbons (Fsp3) is 0.900. The summed E-state index contributed by atoms with van der Waals surface area (Å²) in [5, 5.41) is 0. The van der Waals surface area contributed by atoms with Crippen molar-refractivity contribution >= 4 is 6.01 Å². The van der Waals surface area contributed by atoms with E-state index in [2.05, 4.69) is 41.7 Å². The largest absolute Gasteiger partial charge is 0.282 e. The molecule has 1 atom stereocenters. The average molecular weight is 183 g/mol. The van der Waals surface area contributed by atoms with E-state index in [0.29, 0.717) is 0 Å². The van der Waals surface area contributed by atoms with Gasteiger partial charge in [-0.2, -0.15) is 0 Å². The minimum atomic E-state index is 0.255. The average Bonchev–Trinajstić information content (AvgIpc) is 2.17. The molecule has 0 bridgehead atoms. The van der Waals surface area contributed by atoms with Crippen molar-refractivity contribution < 1.29 is 0 Å². The zero-order chi connectivity index (χ0) is 10.1. The van der Waals surface area contributed by atoms with E-state index in [1.807, 2.05) is 6.92 Å². The first kappa shape index (κ1) is 12.3. The Hall–Kier alpha value is -0.660. The number of hydrogen-bond donors (Lipinski definition) is 0. The van der Waals surface area contributed by atoms with Crippen LogP contribution in [0.5, 0.6) is 0 Å². The van der Waals surface area contributed by atoms with Crippen LogP contribution in [0.1, 0.15) is 34.1 Å². The second-order valence-electron chi connectivity index (χ2n) is 2.81. The summed E-state index contributed by atoms with van der Waals surface area (Å²) in [6.07, 6.45) is 1.28. The number of nitrogens with zero attached hydrogens (tertiary/aromatic N) is 3. The van der Waals surface area contributed by atoms with E-state index in [4.69, 9.17) is 0 Å². The Morgan fingerprint density at radius 2 is 1.77 bits per heavy atom. The van der Waals surface area contributed by atoms with E-state index < -0.39 is 0 Å². The second kappa shape index (κ2) is 7.96. The minimum Gasteiger partial charge on any atom is -0.282 e. The molecule has 0 aromatic heterocycles. The Balaban J connectivity index is 4.22. The van der Waals surface area contributed by atoms with Gasteiger partial charge >= 0.3 is 0 Å². The van der Waals surface area contributed by atoms with Crippen molar-refractivity contribution in [2.75, 3.05) is 19.6 Å². The van der Waals surface area contributed by atoms with E-state index in [9.17, 15) is 0 Å². The molecule has 0 aliphatic heterocycles. The van der Waals surface area contributed by atoms with E-state index in [-0.39, 0.29) is 6.17 Å². The third-order valence-corrected chi connectivity index (χ3v) is 2.03. The summed E-state index contributed by atoms with van der Waals surface area (Å²) in [6, 6.07) is 2.74. The molecule has 0 fully saturated rings. The molecule has 0 aromatic carbocycles. The zero-order valence-corrected chi connectivity index (χ0v) is 9.25. The first-order valence-electron chi connectivity index (χ1n) is 5.15. The van der Waals surface area contributed by atoms with Gasteiger partial charge in [-0.05, 0) is 26.4 Å². The predicted molar refractivity (Wildman–Crippen MR) is 57.4 cm³/mol. The molecule has 0 spiro atoms. The molecule has 3 nitrogen and oxygen atoms in total. The van der Waals surface area contributed by atoms with Crippen LogP contribution in [0.25, 0.3) is 0 Å². The maximum Gasteiger partial charge on any atom is 0.113 e. The number of rotatable bonds is 6. The number of hydrogen-bond acceptors (Lipinski definition) is 3. The monoisotopic (exact) mass is 183 g/mol. The van der Waals surface area contributed by atoms with Gasteiger partial charge in [0.05, 0.1) is 6.01 Å². The molecule has 0 radical (unpaired) electrons. The standard InChI is InChI=1S/C10H21N3/c1-5-10(12-9-11-6-2)13(7-3)8-4/h10H,5-8H2,1-4H3. The first-order valence-corrected chi connectivity index (χ1v) is 5.15. The summed E-state index contributed by atoms with van der Waals surface area (Å²) >= 11 is 0. The second-order valence-corrected chi connectivity index (χ2v) is 2.81. The highest BCUT2D eigenvalue weighted by molar-refractivity contribution is 5.41. The van der Waals surface area contributed by atoms with Crippen molar-refractivity contribution in [2.24, 2.45) is 9.98 Å². The molecule has 0 saturated heterocycles. The highest BCUT2D eigenvalue weighted by Crippen LogP contribution is 2.03. The fourth-order valence-electron chi connectivity index (χ4n) is 1.25. The van der Waals surface area contributed by atoms with Gasteiger partial charge in [-0.15, -0.1) is 0 Å². The van der Waals surface area contributed by atoms with Gasteiger partial charge in [0.15, 0.2) is 0 Å². The Kier molecular flexibility index (Phi) is 7.56. The van der Waals surface area contributed by atoms with Crippen LogP contribution in [0.4, 0.5) is 0 Å². The highest BCUT2D eigenvalue weighted by atomic mass is 15.2. The van der Waals surface area contributed by atoms with E-state index in [1.54, 1.807) is 0 Å². The third-order valence-electron chi connectivity index (χ3n) is 2.03. The van der Waals surface area contributed by atoms with Crippen LogP contribution in [-0.4, -0.2) is 36.7 Å². The van der Waals surface area contributed by atoms with Crippen molar-refractivity contribution in [1.82, 2.24) is 4.90 Å². The summed E-state index contributed by atoms with van der Waals surface area (Å²) in [5.74, 6) is 0. The normalized spacial score (nSPS) is 12.4. The molecule has 13 heavy (non-hydrogen) atoms. The third kappa shape index (κ3) is 4.81. The Bertz CT molecular complexity index is 167. The molecule has 0 rings (SSSR count).